The molecule has 170 valence electrons. The molecule has 0 aliphatic rings. The second-order valence-corrected chi connectivity index (χ2v) is 9.03. The summed E-state index contributed by atoms with van der Waals surface area (Å²) in [5.74, 6) is 11.3. The molecule has 0 heterocycles. The predicted molar refractivity (Wildman–Crippen MR) is 153 cm³/mol. The Hall–Kier alpha value is -4.88. The second-order valence-electron chi connectivity index (χ2n) is 9.03. The first kappa shape index (κ1) is 24.3. The van der Waals surface area contributed by atoms with Crippen LogP contribution < -0.4 is 0 Å². The molecule has 0 spiro atoms. The van der Waals surface area contributed by atoms with Crippen molar-refractivity contribution in [2.75, 3.05) is 0 Å². The van der Waals surface area contributed by atoms with Crippen molar-refractivity contribution in [3.8, 4) is 82.8 Å². The summed E-state index contributed by atoms with van der Waals surface area (Å²) in [5, 5.41) is 0. The van der Waals surface area contributed by atoms with E-state index in [0.717, 1.165) is 77.9 Å². The first-order chi connectivity index (χ1) is 17.3. The van der Waals surface area contributed by atoms with E-state index in [0.29, 0.717) is 0 Å². The van der Waals surface area contributed by atoms with Gasteiger partial charge in [0.05, 0.1) is 0 Å². The van der Waals surface area contributed by atoms with Crippen molar-refractivity contribution in [1.29, 1.82) is 0 Å². The van der Waals surface area contributed by atoms with Crippen molar-refractivity contribution in [2.24, 2.45) is 0 Å². The van der Waals surface area contributed by atoms with Crippen molar-refractivity contribution in [1.82, 2.24) is 0 Å². The van der Waals surface area contributed by atoms with Crippen molar-refractivity contribution < 1.29 is 0 Å². The summed E-state index contributed by atoms with van der Waals surface area (Å²) in [4.78, 5) is 0. The number of benzene rings is 4. The molecule has 0 saturated carbocycles. The van der Waals surface area contributed by atoms with E-state index in [1.165, 1.54) is 0 Å². The standard InChI is InChI=1S/C36H26/c1-9-27-15-13-24(6)33(21-27)34-20-26(8)35(31-16-14-23(5)29(11-3)22-31)36(32(34)12-4)30-18-17-28(10-2)25(7)19-30/h1-4,13-22H,5-8H3. The molecule has 4 aromatic rings. The third-order valence-corrected chi connectivity index (χ3v) is 6.72. The minimum atomic E-state index is 0.809. The largest absolute Gasteiger partial charge is 0.115 e. The third-order valence-electron chi connectivity index (χ3n) is 6.72. The highest BCUT2D eigenvalue weighted by Crippen LogP contribution is 2.43. The molecule has 0 fully saturated rings. The lowest BCUT2D eigenvalue weighted by molar-refractivity contribution is 1.38. The van der Waals surface area contributed by atoms with Gasteiger partial charge in [-0.15, -0.1) is 25.7 Å². The molecule has 4 aromatic carbocycles. The molecule has 0 nitrogen and oxygen atoms in total. The van der Waals surface area contributed by atoms with Gasteiger partial charge >= 0.3 is 0 Å². The second kappa shape index (κ2) is 9.77. The van der Waals surface area contributed by atoms with Gasteiger partial charge in [0.2, 0.25) is 0 Å². The molecule has 4 rings (SSSR count). The van der Waals surface area contributed by atoms with Crippen LogP contribution in [0, 0.1) is 77.1 Å². The maximum atomic E-state index is 6.26. The minimum absolute atomic E-state index is 0.809. The van der Waals surface area contributed by atoms with E-state index in [1.807, 2.05) is 44.2 Å². The van der Waals surface area contributed by atoms with Crippen LogP contribution in [0.4, 0.5) is 0 Å². The zero-order chi connectivity index (χ0) is 26.0. The van der Waals surface area contributed by atoms with Crippen LogP contribution in [0.25, 0.3) is 33.4 Å². The maximum Gasteiger partial charge on any atom is 0.0406 e. The fourth-order valence-corrected chi connectivity index (χ4v) is 4.76. The van der Waals surface area contributed by atoms with Crippen molar-refractivity contribution in [3.63, 3.8) is 0 Å². The lowest BCUT2D eigenvalue weighted by Gasteiger charge is -2.21. The number of hydrogen-bond acceptors (Lipinski definition) is 0. The van der Waals surface area contributed by atoms with Gasteiger partial charge < -0.3 is 0 Å². The SMILES string of the molecule is C#Cc1ccc(C)c(-c2cc(C)c(-c3ccc(C)c(C#C)c3)c(-c3ccc(C#C)c(C)c3)c2C#C)c1. The molecule has 0 radical (unpaired) electrons. The highest BCUT2D eigenvalue weighted by Gasteiger charge is 2.21. The van der Waals surface area contributed by atoms with E-state index in [9.17, 15) is 0 Å². The van der Waals surface area contributed by atoms with Crippen LogP contribution in [0.3, 0.4) is 0 Å². The summed E-state index contributed by atoms with van der Waals surface area (Å²) < 4.78 is 0. The zero-order valence-corrected chi connectivity index (χ0v) is 21.1. The van der Waals surface area contributed by atoms with Crippen molar-refractivity contribution in [3.05, 3.63) is 105 Å². The van der Waals surface area contributed by atoms with Gasteiger partial charge in [-0.3, -0.25) is 0 Å². The smallest absolute Gasteiger partial charge is 0.0406 e. The Morgan fingerprint density at radius 1 is 0.472 bits per heavy atom. The molecule has 0 aromatic heterocycles. The lowest BCUT2D eigenvalue weighted by atomic mass is 9.81. The first-order valence-corrected chi connectivity index (χ1v) is 11.7. The summed E-state index contributed by atoms with van der Waals surface area (Å²) in [6.45, 7) is 8.23. The van der Waals surface area contributed by atoms with Crippen LogP contribution in [-0.4, -0.2) is 0 Å². The van der Waals surface area contributed by atoms with E-state index in [1.54, 1.807) is 0 Å². The number of hydrogen-bond donors (Lipinski definition) is 0. The molecule has 0 aliphatic carbocycles. The lowest BCUT2D eigenvalue weighted by Crippen LogP contribution is -2.00. The molecular weight excluding hydrogens is 432 g/mol. The van der Waals surface area contributed by atoms with Gasteiger partial charge in [0.1, 0.15) is 0 Å². The summed E-state index contributed by atoms with van der Waals surface area (Å²) in [6, 6.07) is 20.5. The van der Waals surface area contributed by atoms with Gasteiger partial charge in [-0.25, -0.2) is 0 Å². The fourth-order valence-electron chi connectivity index (χ4n) is 4.76. The van der Waals surface area contributed by atoms with Crippen LogP contribution in [-0.2, 0) is 0 Å². The molecule has 0 atom stereocenters. The Balaban J connectivity index is 2.17. The zero-order valence-electron chi connectivity index (χ0n) is 21.1. The van der Waals surface area contributed by atoms with Gasteiger partial charge in [-0.1, -0.05) is 54.0 Å². The van der Waals surface area contributed by atoms with Crippen LogP contribution in [0.1, 0.15) is 44.5 Å². The van der Waals surface area contributed by atoms with Crippen molar-refractivity contribution in [2.45, 2.75) is 27.7 Å². The normalized spacial score (nSPS) is 10.1. The Kier molecular flexibility index (Phi) is 6.58. The average molecular weight is 459 g/mol. The Bertz CT molecular complexity index is 1700. The molecule has 0 saturated heterocycles. The Morgan fingerprint density at radius 3 is 1.78 bits per heavy atom. The van der Waals surface area contributed by atoms with Crippen LogP contribution in [0.2, 0.25) is 0 Å². The van der Waals surface area contributed by atoms with E-state index in [2.05, 4.69) is 67.9 Å². The summed E-state index contributed by atoms with van der Waals surface area (Å²) in [6.07, 6.45) is 23.5. The van der Waals surface area contributed by atoms with Crippen LogP contribution >= 0.6 is 0 Å². The van der Waals surface area contributed by atoms with Gasteiger partial charge in [0, 0.05) is 27.8 Å². The predicted octanol–water partition coefficient (Wildman–Crippen LogP) is 7.85. The maximum absolute atomic E-state index is 6.26. The molecule has 0 amide bonds. The topological polar surface area (TPSA) is 0 Å². The first-order valence-electron chi connectivity index (χ1n) is 11.7. The van der Waals surface area contributed by atoms with Crippen molar-refractivity contribution >= 4 is 0 Å². The monoisotopic (exact) mass is 458 g/mol. The molecule has 0 aliphatic heterocycles. The van der Waals surface area contributed by atoms with E-state index in [-0.39, 0.29) is 0 Å². The van der Waals surface area contributed by atoms with E-state index >= 15 is 0 Å². The number of aryl methyl sites for hydroxylation is 4. The number of terminal acetylenes is 4. The van der Waals surface area contributed by atoms with Crippen LogP contribution in [0.5, 0.6) is 0 Å². The average Bonchev–Trinajstić information content (AvgIpc) is 2.88. The molecule has 0 heteroatoms. The third kappa shape index (κ3) is 4.19. The highest BCUT2D eigenvalue weighted by atomic mass is 14.2. The van der Waals surface area contributed by atoms with E-state index in [4.69, 9.17) is 25.7 Å². The van der Waals surface area contributed by atoms with Gasteiger partial charge in [0.15, 0.2) is 0 Å². The fraction of sp³-hybridized carbons (Fsp3) is 0.111. The Morgan fingerprint density at radius 2 is 1.14 bits per heavy atom. The highest BCUT2D eigenvalue weighted by molar-refractivity contribution is 5.96. The summed E-state index contributed by atoms with van der Waals surface area (Å²) in [7, 11) is 0. The van der Waals surface area contributed by atoms with Gasteiger partial charge in [0.25, 0.3) is 0 Å². The van der Waals surface area contributed by atoms with Crippen LogP contribution in [0.15, 0.2) is 60.7 Å². The molecule has 0 unspecified atom stereocenters. The summed E-state index contributed by atoms with van der Waals surface area (Å²) >= 11 is 0. The molecule has 0 bridgehead atoms. The molecule has 36 heavy (non-hydrogen) atoms. The summed E-state index contributed by atoms with van der Waals surface area (Å²) in [5.41, 5.74) is 13.7. The van der Waals surface area contributed by atoms with E-state index < -0.39 is 0 Å². The molecular formula is C36H26. The number of rotatable bonds is 3. The Labute approximate surface area is 215 Å². The molecule has 0 N–H and O–H groups in total. The minimum Gasteiger partial charge on any atom is -0.115 e. The van der Waals surface area contributed by atoms with Gasteiger partial charge in [-0.2, -0.15) is 0 Å². The quantitative estimate of drug-likeness (QED) is 0.274. The van der Waals surface area contributed by atoms with Gasteiger partial charge in [-0.05, 0) is 108 Å².